The number of para-hydroxylation sites is 1. The van der Waals surface area contributed by atoms with Crippen LogP contribution in [0.3, 0.4) is 0 Å². The summed E-state index contributed by atoms with van der Waals surface area (Å²) in [5, 5.41) is 15.8. The predicted octanol–water partition coefficient (Wildman–Crippen LogP) is 0.669. The van der Waals surface area contributed by atoms with Gasteiger partial charge >= 0.3 is 0 Å². The minimum atomic E-state index is -0.202. The second kappa shape index (κ2) is 3.46. The molecule has 0 radical (unpaired) electrons. The number of pyridine rings is 1. The molecule has 0 saturated heterocycles. The quantitative estimate of drug-likeness (QED) is 0.366. The van der Waals surface area contributed by atoms with Gasteiger partial charge < -0.3 is 5.11 Å². The molecule has 0 aliphatic rings. The summed E-state index contributed by atoms with van der Waals surface area (Å²) in [4.78, 5) is 0. The molecule has 0 saturated carbocycles. The van der Waals surface area contributed by atoms with E-state index in [-0.39, 0.29) is 5.90 Å². The van der Waals surface area contributed by atoms with E-state index in [4.69, 9.17) is 0 Å². The molecule has 0 atom stereocenters. The highest BCUT2D eigenvalue weighted by molar-refractivity contribution is 5.75. The van der Waals surface area contributed by atoms with Crippen LogP contribution in [0.15, 0.2) is 47.7 Å². The van der Waals surface area contributed by atoms with Crippen LogP contribution in [0.25, 0.3) is 10.9 Å². The smallest absolute Gasteiger partial charge is 0.245 e. The molecular weight excluding hydrogens is 176 g/mol. The monoisotopic (exact) mass is 186 g/mol. The Hall–Kier alpha value is -1.90. The molecule has 70 valence electrons. The van der Waals surface area contributed by atoms with Crippen LogP contribution < -0.4 is 9.78 Å². The molecule has 0 unspecified atom stereocenters. The lowest BCUT2D eigenvalue weighted by atomic mass is 10.2. The maximum atomic E-state index is 10.9. The molecule has 2 rings (SSSR count). The van der Waals surface area contributed by atoms with Crippen LogP contribution >= 0.6 is 0 Å². The number of rotatable bonds is 1. The van der Waals surface area contributed by atoms with E-state index in [1.807, 2.05) is 36.4 Å². The van der Waals surface area contributed by atoms with Gasteiger partial charge in [0.25, 0.3) is 0 Å². The first-order valence-corrected chi connectivity index (χ1v) is 4.39. The molecule has 0 bridgehead atoms. The third-order valence-electron chi connectivity index (χ3n) is 1.94. The lowest BCUT2D eigenvalue weighted by Gasteiger charge is -1.98. The van der Waals surface area contributed by atoms with Crippen molar-refractivity contribution < 1.29 is 9.78 Å². The summed E-state index contributed by atoms with van der Waals surface area (Å²) in [5.41, 5.74) is 0.935. The molecule has 0 fully saturated rings. The zero-order valence-electron chi connectivity index (χ0n) is 7.84. The molecule has 2 aromatic rings. The van der Waals surface area contributed by atoms with Crippen LogP contribution in [0, 0.1) is 0 Å². The molecule has 1 heterocycles. The molecule has 0 aliphatic heterocycles. The molecule has 0 aliphatic carbocycles. The molecule has 3 nitrogen and oxygen atoms in total. The van der Waals surface area contributed by atoms with Crippen molar-refractivity contribution in [1.29, 1.82) is 0 Å². The number of benzene rings is 1. The average molecular weight is 186 g/mol. The standard InChI is InChI=1S/C11H10N2O/c1-9(14)12-13-8-4-6-10-5-2-3-7-11(10)13/h2-8H,1H3. The Morgan fingerprint density at radius 3 is 2.71 bits per heavy atom. The van der Waals surface area contributed by atoms with Gasteiger partial charge in [-0.15, -0.1) is 0 Å². The highest BCUT2D eigenvalue weighted by atomic mass is 16.3. The van der Waals surface area contributed by atoms with Gasteiger partial charge in [0.1, 0.15) is 0 Å². The largest absolute Gasteiger partial charge is 0.858 e. The molecule has 0 spiro atoms. The van der Waals surface area contributed by atoms with Crippen LogP contribution in [-0.2, 0) is 0 Å². The molecule has 0 amide bonds. The van der Waals surface area contributed by atoms with E-state index in [0.29, 0.717) is 0 Å². The maximum Gasteiger partial charge on any atom is 0.245 e. The Morgan fingerprint density at radius 1 is 1.21 bits per heavy atom. The van der Waals surface area contributed by atoms with Gasteiger partial charge in [-0.3, -0.25) is 0 Å². The molecule has 1 aromatic carbocycles. The van der Waals surface area contributed by atoms with Gasteiger partial charge in [-0.05, 0) is 24.2 Å². The minimum Gasteiger partial charge on any atom is -0.858 e. The van der Waals surface area contributed by atoms with Crippen LogP contribution in [0.1, 0.15) is 6.92 Å². The fourth-order valence-electron chi connectivity index (χ4n) is 1.38. The molecule has 1 aromatic heterocycles. The summed E-state index contributed by atoms with van der Waals surface area (Å²) in [6.45, 7) is 1.44. The first-order valence-electron chi connectivity index (χ1n) is 4.39. The van der Waals surface area contributed by atoms with Crippen molar-refractivity contribution in [3.8, 4) is 0 Å². The zero-order chi connectivity index (χ0) is 9.97. The van der Waals surface area contributed by atoms with E-state index in [1.54, 1.807) is 10.9 Å². The van der Waals surface area contributed by atoms with E-state index in [0.717, 1.165) is 10.9 Å². The van der Waals surface area contributed by atoms with Crippen LogP contribution in [-0.4, -0.2) is 5.90 Å². The number of fused-ring (bicyclic) bond motifs is 1. The van der Waals surface area contributed by atoms with Crippen molar-refractivity contribution in [3.63, 3.8) is 0 Å². The topological polar surface area (TPSA) is 39.3 Å². The fourth-order valence-corrected chi connectivity index (χ4v) is 1.38. The van der Waals surface area contributed by atoms with Crippen LogP contribution in [0.2, 0.25) is 0 Å². The van der Waals surface area contributed by atoms with Crippen LogP contribution in [0.5, 0.6) is 0 Å². The first kappa shape index (κ1) is 8.69. The van der Waals surface area contributed by atoms with E-state index < -0.39 is 0 Å². The van der Waals surface area contributed by atoms with Crippen molar-refractivity contribution in [3.05, 3.63) is 42.6 Å². The van der Waals surface area contributed by atoms with Gasteiger partial charge in [0.05, 0.1) is 0 Å². The number of nitrogens with zero attached hydrogens (tertiary/aromatic N) is 2. The van der Waals surface area contributed by atoms with E-state index >= 15 is 0 Å². The van der Waals surface area contributed by atoms with Gasteiger partial charge in [0.15, 0.2) is 0 Å². The van der Waals surface area contributed by atoms with Gasteiger partial charge in [-0.25, -0.2) is 0 Å². The normalized spacial score (nSPS) is 11.9. The second-order valence-corrected chi connectivity index (χ2v) is 3.03. The van der Waals surface area contributed by atoms with Crippen LogP contribution in [0.4, 0.5) is 0 Å². The third kappa shape index (κ3) is 1.57. The van der Waals surface area contributed by atoms with E-state index in [9.17, 15) is 5.11 Å². The Morgan fingerprint density at radius 2 is 1.93 bits per heavy atom. The maximum absolute atomic E-state index is 10.9. The third-order valence-corrected chi connectivity index (χ3v) is 1.94. The van der Waals surface area contributed by atoms with Gasteiger partial charge in [-0.1, -0.05) is 16.8 Å². The van der Waals surface area contributed by atoms with Crippen molar-refractivity contribution >= 4 is 16.8 Å². The van der Waals surface area contributed by atoms with Gasteiger partial charge in [0.2, 0.25) is 11.7 Å². The van der Waals surface area contributed by atoms with Crippen molar-refractivity contribution in [2.24, 2.45) is 5.10 Å². The van der Waals surface area contributed by atoms with Crippen molar-refractivity contribution in [1.82, 2.24) is 0 Å². The second-order valence-electron chi connectivity index (χ2n) is 3.03. The first-order chi connectivity index (χ1) is 6.77. The Balaban J connectivity index is 2.71. The van der Waals surface area contributed by atoms with E-state index in [2.05, 4.69) is 5.10 Å². The zero-order valence-corrected chi connectivity index (χ0v) is 7.84. The minimum absolute atomic E-state index is 0.202. The lowest BCUT2D eigenvalue weighted by molar-refractivity contribution is -0.655. The van der Waals surface area contributed by atoms with Gasteiger partial charge in [0, 0.05) is 23.4 Å². The predicted molar refractivity (Wildman–Crippen MR) is 52.7 cm³/mol. The molecule has 3 heteroatoms. The van der Waals surface area contributed by atoms with Gasteiger partial charge in [-0.2, -0.15) is 0 Å². The molecular formula is C11H10N2O. The summed E-state index contributed by atoms with van der Waals surface area (Å²) < 4.78 is 1.59. The number of hydrogen-bond acceptors (Lipinski definition) is 2. The highest BCUT2D eigenvalue weighted by Crippen LogP contribution is 2.07. The number of aromatic nitrogens is 1. The summed E-state index contributed by atoms with van der Waals surface area (Å²) >= 11 is 0. The Labute approximate surface area is 81.9 Å². The summed E-state index contributed by atoms with van der Waals surface area (Å²) in [7, 11) is 0. The molecule has 0 N–H and O–H groups in total. The lowest BCUT2D eigenvalue weighted by Crippen LogP contribution is -2.32. The molecule has 14 heavy (non-hydrogen) atoms. The summed E-state index contributed by atoms with van der Waals surface area (Å²) in [5.74, 6) is -0.202. The highest BCUT2D eigenvalue weighted by Gasteiger charge is 2.04. The SMILES string of the molecule is C/C([O-])=N/[n+]1cccc2ccccc21. The average Bonchev–Trinajstić information content (AvgIpc) is 2.18. The van der Waals surface area contributed by atoms with E-state index in [1.165, 1.54) is 6.92 Å². The Kier molecular flexibility index (Phi) is 2.14. The fraction of sp³-hybridized carbons (Fsp3) is 0.0909. The summed E-state index contributed by atoms with van der Waals surface area (Å²) in [6, 6.07) is 11.7. The van der Waals surface area contributed by atoms with Crippen molar-refractivity contribution in [2.45, 2.75) is 6.92 Å². The Bertz CT molecular complexity index is 482. The summed E-state index contributed by atoms with van der Waals surface area (Å²) in [6.07, 6.45) is 1.77. The van der Waals surface area contributed by atoms with Crippen molar-refractivity contribution in [2.75, 3.05) is 0 Å². The number of hydrogen-bond donors (Lipinski definition) is 0.